The fourth-order valence-corrected chi connectivity index (χ4v) is 3.87. The molecule has 2 aromatic carbocycles. The number of hydrogen-bond acceptors (Lipinski definition) is 8. The molecule has 1 N–H and O–H groups in total. The quantitative estimate of drug-likeness (QED) is 0.140. The molecule has 3 rings (SSSR count). The summed E-state index contributed by atoms with van der Waals surface area (Å²) in [4.78, 5) is 18.2. The van der Waals surface area contributed by atoms with Gasteiger partial charge in [-0.05, 0) is 49.2 Å². The van der Waals surface area contributed by atoms with Gasteiger partial charge in [0.15, 0.2) is 0 Å². The molecular formula is C26H30ClN4O5. The van der Waals surface area contributed by atoms with Gasteiger partial charge in [0.2, 0.25) is 5.82 Å². The van der Waals surface area contributed by atoms with E-state index in [1.54, 1.807) is 21.1 Å². The van der Waals surface area contributed by atoms with Crippen molar-refractivity contribution in [1.82, 2.24) is 4.98 Å². The minimum atomic E-state index is -0.425. The number of benzene rings is 2. The van der Waals surface area contributed by atoms with Crippen molar-refractivity contribution in [2.45, 2.75) is 20.0 Å². The molecule has 0 aliphatic heterocycles. The summed E-state index contributed by atoms with van der Waals surface area (Å²) in [5.41, 5.74) is 2.52. The number of rotatable bonds is 13. The maximum absolute atomic E-state index is 12.4. The van der Waals surface area contributed by atoms with E-state index < -0.39 is 4.92 Å². The van der Waals surface area contributed by atoms with E-state index in [2.05, 4.69) is 17.2 Å². The lowest BCUT2D eigenvalue weighted by Crippen LogP contribution is -2.25. The van der Waals surface area contributed by atoms with Crippen LogP contribution in [0.15, 0.2) is 48.5 Å². The summed E-state index contributed by atoms with van der Waals surface area (Å²) < 4.78 is 15.8. The van der Waals surface area contributed by atoms with Gasteiger partial charge in [0.05, 0.1) is 25.7 Å². The van der Waals surface area contributed by atoms with Crippen LogP contribution in [0.3, 0.4) is 0 Å². The summed E-state index contributed by atoms with van der Waals surface area (Å²) in [5, 5.41) is 15.7. The predicted molar refractivity (Wildman–Crippen MR) is 141 cm³/mol. The average molecular weight is 514 g/mol. The Morgan fingerprint density at radius 1 is 1.03 bits per heavy atom. The van der Waals surface area contributed by atoms with E-state index >= 15 is 0 Å². The van der Waals surface area contributed by atoms with Crippen LogP contribution in [0.1, 0.15) is 16.7 Å². The third kappa shape index (κ3) is 6.77. The number of ether oxygens (including phenoxy) is 3. The molecule has 10 heteroatoms. The zero-order valence-corrected chi connectivity index (χ0v) is 21.4. The first-order valence-electron chi connectivity index (χ1n) is 11.3. The van der Waals surface area contributed by atoms with Crippen molar-refractivity contribution in [3.63, 3.8) is 0 Å². The average Bonchev–Trinajstić information content (AvgIpc) is 2.89. The van der Waals surface area contributed by atoms with Gasteiger partial charge in [0.25, 0.3) is 0 Å². The van der Waals surface area contributed by atoms with Crippen molar-refractivity contribution in [3.05, 3.63) is 87.4 Å². The smallest absolute Gasteiger partial charge is 0.334 e. The Labute approximate surface area is 216 Å². The van der Waals surface area contributed by atoms with Crippen LogP contribution in [0.2, 0.25) is 5.15 Å². The first-order chi connectivity index (χ1) is 17.4. The molecule has 3 aromatic rings. The van der Waals surface area contributed by atoms with Crippen LogP contribution in [0.25, 0.3) is 0 Å². The van der Waals surface area contributed by atoms with Crippen LogP contribution in [0.5, 0.6) is 11.5 Å². The van der Waals surface area contributed by atoms with Gasteiger partial charge in [0, 0.05) is 31.8 Å². The number of halogens is 1. The molecule has 1 radical (unpaired) electrons. The highest BCUT2D eigenvalue weighted by Crippen LogP contribution is 2.40. The van der Waals surface area contributed by atoms with Gasteiger partial charge in [0.1, 0.15) is 22.3 Å². The number of anilines is 2. The number of nitro groups is 1. The Kier molecular flexibility index (Phi) is 9.72. The number of pyridine rings is 1. The fourth-order valence-electron chi connectivity index (χ4n) is 3.69. The molecule has 36 heavy (non-hydrogen) atoms. The Bertz CT molecular complexity index is 1110. The van der Waals surface area contributed by atoms with Crippen LogP contribution in [-0.2, 0) is 17.8 Å². The number of aromatic nitrogens is 1. The number of nitrogens with one attached hydrogen (secondary N) is 1. The summed E-state index contributed by atoms with van der Waals surface area (Å²) in [6, 6.07) is 15.0. The molecule has 0 saturated carbocycles. The van der Waals surface area contributed by atoms with Crippen molar-refractivity contribution in [2.75, 3.05) is 44.2 Å². The van der Waals surface area contributed by atoms with Crippen molar-refractivity contribution in [2.24, 2.45) is 0 Å². The molecule has 0 bridgehead atoms. The van der Waals surface area contributed by atoms with E-state index in [-0.39, 0.29) is 16.7 Å². The van der Waals surface area contributed by atoms with Gasteiger partial charge >= 0.3 is 5.69 Å². The van der Waals surface area contributed by atoms with E-state index in [1.807, 2.05) is 53.4 Å². The standard InChI is InChI=1S/C26H30ClN4O5/c1-5-36-15-14-28-23-18(2)25(27)29-26(24(23)31(32)33)30(16-19-6-10-21(34-3)11-7-19)17-20-8-12-22(35-4)13-9-20/h6-13H,1,5,14-17H2,2-4H3,(H,28,29). The minimum absolute atomic E-state index is 0.145. The number of methoxy groups -OCH3 is 2. The zero-order chi connectivity index (χ0) is 26.1. The van der Waals surface area contributed by atoms with Crippen molar-refractivity contribution < 1.29 is 19.1 Å². The van der Waals surface area contributed by atoms with Crippen LogP contribution >= 0.6 is 11.6 Å². The summed E-state index contributed by atoms with van der Waals surface area (Å²) in [5.74, 6) is 1.61. The van der Waals surface area contributed by atoms with Gasteiger partial charge in [-0.3, -0.25) is 10.1 Å². The summed E-state index contributed by atoms with van der Waals surface area (Å²) in [6.45, 7) is 7.05. The topological polar surface area (TPSA) is 99.0 Å². The molecule has 0 aliphatic rings. The third-order valence-electron chi connectivity index (χ3n) is 5.58. The monoisotopic (exact) mass is 513 g/mol. The lowest BCUT2D eigenvalue weighted by Gasteiger charge is -2.26. The van der Waals surface area contributed by atoms with Crippen molar-refractivity contribution in [1.29, 1.82) is 0 Å². The maximum atomic E-state index is 12.4. The molecule has 1 aromatic heterocycles. The Hall–Kier alpha value is -3.56. The van der Waals surface area contributed by atoms with Crippen molar-refractivity contribution >= 4 is 28.8 Å². The van der Waals surface area contributed by atoms with Crippen molar-refractivity contribution in [3.8, 4) is 11.5 Å². The Morgan fingerprint density at radius 2 is 1.56 bits per heavy atom. The maximum Gasteiger partial charge on any atom is 0.334 e. The second-order valence-corrected chi connectivity index (χ2v) is 8.28. The first-order valence-corrected chi connectivity index (χ1v) is 11.7. The fraction of sp³-hybridized carbons (Fsp3) is 0.308. The first kappa shape index (κ1) is 27.0. The Balaban J connectivity index is 2.07. The van der Waals surface area contributed by atoms with E-state index in [0.717, 1.165) is 22.6 Å². The Morgan fingerprint density at radius 3 is 2.00 bits per heavy atom. The third-order valence-corrected chi connectivity index (χ3v) is 5.94. The van der Waals surface area contributed by atoms with Gasteiger partial charge in [-0.2, -0.15) is 0 Å². The number of hydrogen-bond donors (Lipinski definition) is 1. The predicted octanol–water partition coefficient (Wildman–Crippen LogP) is 5.44. The molecule has 9 nitrogen and oxygen atoms in total. The van der Waals surface area contributed by atoms with Crippen LogP contribution in [-0.4, -0.2) is 43.9 Å². The van der Waals surface area contributed by atoms with Crippen LogP contribution in [0.4, 0.5) is 17.2 Å². The van der Waals surface area contributed by atoms with E-state index in [0.29, 0.717) is 44.1 Å². The molecule has 0 spiro atoms. The van der Waals surface area contributed by atoms with Crippen LogP contribution in [0, 0.1) is 24.0 Å². The van der Waals surface area contributed by atoms with E-state index in [9.17, 15) is 10.1 Å². The molecule has 0 atom stereocenters. The second kappa shape index (κ2) is 12.9. The largest absolute Gasteiger partial charge is 0.497 e. The molecule has 0 saturated heterocycles. The highest BCUT2D eigenvalue weighted by molar-refractivity contribution is 6.30. The summed E-state index contributed by atoms with van der Waals surface area (Å²) in [7, 11) is 3.20. The van der Waals surface area contributed by atoms with Gasteiger partial charge < -0.3 is 24.4 Å². The SMILES string of the molecule is [CH2]COCCNc1c(C)c(Cl)nc(N(Cc2ccc(OC)cc2)Cc2ccc(OC)cc2)c1[N+](=O)[O-]. The molecular weight excluding hydrogens is 484 g/mol. The zero-order valence-electron chi connectivity index (χ0n) is 20.6. The molecule has 0 aliphatic carbocycles. The highest BCUT2D eigenvalue weighted by atomic mass is 35.5. The lowest BCUT2D eigenvalue weighted by atomic mass is 10.1. The van der Waals surface area contributed by atoms with Gasteiger partial charge in [-0.15, -0.1) is 0 Å². The summed E-state index contributed by atoms with van der Waals surface area (Å²) >= 11 is 6.49. The highest BCUT2D eigenvalue weighted by Gasteiger charge is 2.30. The van der Waals surface area contributed by atoms with E-state index in [1.165, 1.54) is 0 Å². The van der Waals surface area contributed by atoms with E-state index in [4.69, 9.17) is 25.8 Å². The normalized spacial score (nSPS) is 10.7. The van der Waals surface area contributed by atoms with Gasteiger partial charge in [-0.1, -0.05) is 35.9 Å². The number of nitrogens with zero attached hydrogens (tertiary/aromatic N) is 3. The molecule has 191 valence electrons. The molecule has 0 unspecified atom stereocenters. The minimum Gasteiger partial charge on any atom is -0.497 e. The summed E-state index contributed by atoms with van der Waals surface area (Å²) in [6.07, 6.45) is 0. The molecule has 1 heterocycles. The van der Waals surface area contributed by atoms with Crippen LogP contribution < -0.4 is 19.7 Å². The van der Waals surface area contributed by atoms with Gasteiger partial charge in [-0.25, -0.2) is 4.98 Å². The second-order valence-electron chi connectivity index (χ2n) is 7.92. The lowest BCUT2D eigenvalue weighted by molar-refractivity contribution is -0.383. The molecule has 0 amide bonds. The molecule has 0 fully saturated rings.